The van der Waals surface area contributed by atoms with E-state index < -0.39 is 0 Å². The second kappa shape index (κ2) is 9.31. The van der Waals surface area contributed by atoms with E-state index in [1.54, 1.807) is 0 Å². The summed E-state index contributed by atoms with van der Waals surface area (Å²) in [5, 5.41) is 11.1. The largest absolute Gasteiger partial charge is 0.355 e. The van der Waals surface area contributed by atoms with Crippen LogP contribution in [-0.4, -0.2) is 35.3 Å². The Kier molecular flexibility index (Phi) is 7.01. The van der Waals surface area contributed by atoms with Gasteiger partial charge >= 0.3 is 0 Å². The van der Waals surface area contributed by atoms with Gasteiger partial charge in [0.2, 0.25) is 5.91 Å². The maximum atomic E-state index is 13.2. The number of hydrogen-bond acceptors (Lipinski definition) is 3. The predicted octanol–water partition coefficient (Wildman–Crippen LogP) is 3.47. The highest BCUT2D eigenvalue weighted by atomic mass is 35.5. The molecule has 1 aliphatic heterocycles. The highest BCUT2D eigenvalue weighted by Gasteiger charge is 2.38. The molecule has 1 aromatic heterocycles. The second-order valence-electron chi connectivity index (χ2n) is 8.69. The first-order valence-corrected chi connectivity index (χ1v) is 10.6. The normalized spacial score (nSPS) is 23.4. The van der Waals surface area contributed by atoms with Crippen molar-refractivity contribution < 1.29 is 4.79 Å². The molecular weight excluding hydrogens is 384 g/mol. The molecule has 2 aliphatic rings. The molecule has 2 heterocycles. The minimum Gasteiger partial charge on any atom is -0.355 e. The summed E-state index contributed by atoms with van der Waals surface area (Å²) in [6.45, 7) is 4.52. The molecule has 0 unspecified atom stereocenters. The van der Waals surface area contributed by atoms with Gasteiger partial charge in [-0.05, 0) is 36.5 Å². The maximum absolute atomic E-state index is 13.2. The van der Waals surface area contributed by atoms with Gasteiger partial charge in [0.15, 0.2) is 0 Å². The van der Waals surface area contributed by atoms with E-state index in [1.165, 1.54) is 30.4 Å². The molecule has 5 nitrogen and oxygen atoms in total. The van der Waals surface area contributed by atoms with Gasteiger partial charge in [-0.1, -0.05) is 43.5 Å². The number of aryl methyl sites for hydroxylation is 2. The van der Waals surface area contributed by atoms with Crippen LogP contribution in [0.1, 0.15) is 54.7 Å². The first-order valence-electron chi connectivity index (χ1n) is 10.6. The number of nitrogens with zero attached hydrogens (tertiary/aromatic N) is 2. The van der Waals surface area contributed by atoms with Gasteiger partial charge in [-0.2, -0.15) is 5.10 Å². The Balaban J connectivity index is 0.00000240. The molecule has 1 aromatic carbocycles. The molecule has 2 aromatic rings. The van der Waals surface area contributed by atoms with Crippen molar-refractivity contribution in [3.63, 3.8) is 0 Å². The number of amides is 1. The summed E-state index contributed by atoms with van der Waals surface area (Å²) in [6.07, 6.45) is 10.0. The number of halogens is 1. The van der Waals surface area contributed by atoms with E-state index in [0.717, 1.165) is 38.0 Å². The third-order valence-corrected chi connectivity index (χ3v) is 6.83. The van der Waals surface area contributed by atoms with Crippen molar-refractivity contribution >= 4 is 18.3 Å². The fourth-order valence-electron chi connectivity index (χ4n) is 5.26. The molecule has 0 radical (unpaired) electrons. The molecule has 4 rings (SSSR count). The molecule has 1 saturated carbocycles. The molecule has 0 bridgehead atoms. The molecule has 2 fully saturated rings. The van der Waals surface area contributed by atoms with E-state index in [-0.39, 0.29) is 35.6 Å². The lowest BCUT2D eigenvalue weighted by atomic mass is 9.68. The number of hydrogen-bond donors (Lipinski definition) is 2. The van der Waals surface area contributed by atoms with Crippen LogP contribution in [0.5, 0.6) is 0 Å². The van der Waals surface area contributed by atoms with Gasteiger partial charge in [0, 0.05) is 44.2 Å². The van der Waals surface area contributed by atoms with Crippen molar-refractivity contribution in [2.45, 2.75) is 50.4 Å². The molecule has 1 amide bonds. The van der Waals surface area contributed by atoms with Gasteiger partial charge in [0.25, 0.3) is 0 Å². The topological polar surface area (TPSA) is 59.0 Å². The molecule has 29 heavy (non-hydrogen) atoms. The van der Waals surface area contributed by atoms with Crippen LogP contribution in [0.15, 0.2) is 36.7 Å². The van der Waals surface area contributed by atoms with Crippen LogP contribution in [0.2, 0.25) is 0 Å². The summed E-state index contributed by atoms with van der Waals surface area (Å²) in [5.74, 6) is 0.355. The van der Waals surface area contributed by atoms with Crippen LogP contribution in [0.25, 0.3) is 0 Å². The first kappa shape index (κ1) is 21.8. The van der Waals surface area contributed by atoms with Gasteiger partial charge in [-0.25, -0.2) is 0 Å². The quantitative estimate of drug-likeness (QED) is 0.784. The average molecular weight is 417 g/mol. The van der Waals surface area contributed by atoms with E-state index in [9.17, 15) is 4.79 Å². The number of nitrogens with one attached hydrogen (secondary N) is 2. The smallest absolute Gasteiger partial charge is 0.225 e. The van der Waals surface area contributed by atoms with Gasteiger partial charge in [0.05, 0.1) is 12.1 Å². The number of benzene rings is 1. The van der Waals surface area contributed by atoms with E-state index in [0.29, 0.717) is 0 Å². The summed E-state index contributed by atoms with van der Waals surface area (Å²) in [4.78, 5) is 13.2. The number of rotatable bonds is 5. The molecule has 1 saturated heterocycles. The first-order chi connectivity index (χ1) is 13.6. The van der Waals surface area contributed by atoms with Crippen LogP contribution in [0, 0.1) is 12.8 Å². The Bertz CT molecular complexity index is 828. The van der Waals surface area contributed by atoms with Crippen molar-refractivity contribution in [2.24, 2.45) is 13.0 Å². The highest BCUT2D eigenvalue weighted by molar-refractivity contribution is 5.85. The number of aromatic nitrogens is 2. The van der Waals surface area contributed by atoms with Crippen molar-refractivity contribution in [3.8, 4) is 0 Å². The van der Waals surface area contributed by atoms with Crippen molar-refractivity contribution in [3.05, 3.63) is 53.3 Å². The Hall–Kier alpha value is -1.85. The highest BCUT2D eigenvalue weighted by Crippen LogP contribution is 2.40. The summed E-state index contributed by atoms with van der Waals surface area (Å²) in [5.41, 5.74) is 3.99. The summed E-state index contributed by atoms with van der Waals surface area (Å²) < 4.78 is 1.82. The summed E-state index contributed by atoms with van der Waals surface area (Å²) in [6, 6.07) is 8.71. The standard InChI is InChI=1S/C23H32N4O.ClH/c1-17-8-4-5-9-21(17)23(10-6-3-7-11-23)16-25-22(28)20-14-24-13-19(20)18-12-26-27(2)15-18;/h4-5,8-9,12,15,19-20,24H,3,6-7,10-11,13-14,16H2,1-2H3,(H,25,28);1H/t19-,20+;/m1./s1. The molecule has 6 heteroatoms. The minimum atomic E-state index is -0.0262. The Morgan fingerprint density at radius 1 is 1.24 bits per heavy atom. The van der Waals surface area contributed by atoms with Crippen LogP contribution < -0.4 is 10.6 Å². The van der Waals surface area contributed by atoms with Crippen LogP contribution >= 0.6 is 12.4 Å². The zero-order chi connectivity index (χ0) is 19.6. The third kappa shape index (κ3) is 4.51. The molecule has 1 aliphatic carbocycles. The lowest BCUT2D eigenvalue weighted by Crippen LogP contribution is -2.45. The van der Waals surface area contributed by atoms with E-state index >= 15 is 0 Å². The van der Waals surface area contributed by atoms with Gasteiger partial charge < -0.3 is 10.6 Å². The van der Waals surface area contributed by atoms with Crippen molar-refractivity contribution in [1.82, 2.24) is 20.4 Å². The summed E-state index contributed by atoms with van der Waals surface area (Å²) >= 11 is 0. The number of carbonyl (C=O) groups excluding carboxylic acids is 1. The maximum Gasteiger partial charge on any atom is 0.225 e. The van der Waals surface area contributed by atoms with Gasteiger partial charge in [-0.15, -0.1) is 12.4 Å². The zero-order valence-electron chi connectivity index (χ0n) is 17.5. The second-order valence-corrected chi connectivity index (χ2v) is 8.69. The number of carbonyl (C=O) groups is 1. The van der Waals surface area contributed by atoms with Crippen molar-refractivity contribution in [2.75, 3.05) is 19.6 Å². The third-order valence-electron chi connectivity index (χ3n) is 6.83. The molecular formula is C23H33ClN4O. The zero-order valence-corrected chi connectivity index (χ0v) is 18.3. The molecule has 2 atom stereocenters. The Morgan fingerprint density at radius 3 is 2.69 bits per heavy atom. The Morgan fingerprint density at radius 2 is 2.00 bits per heavy atom. The monoisotopic (exact) mass is 416 g/mol. The fraction of sp³-hybridized carbons (Fsp3) is 0.565. The minimum absolute atomic E-state index is 0. The van der Waals surface area contributed by atoms with E-state index in [2.05, 4.69) is 46.9 Å². The SMILES string of the molecule is Cc1ccccc1C1(CNC(=O)[C@H]2CNC[C@@H]2c2cnn(C)c2)CCCCC1.Cl. The van der Waals surface area contributed by atoms with Crippen LogP contribution in [0.4, 0.5) is 0 Å². The fourth-order valence-corrected chi connectivity index (χ4v) is 5.26. The summed E-state index contributed by atoms with van der Waals surface area (Å²) in [7, 11) is 1.93. The van der Waals surface area contributed by atoms with Gasteiger partial charge in [0.1, 0.15) is 0 Å². The predicted molar refractivity (Wildman–Crippen MR) is 119 cm³/mol. The van der Waals surface area contributed by atoms with Crippen molar-refractivity contribution in [1.29, 1.82) is 0 Å². The molecule has 158 valence electrons. The van der Waals surface area contributed by atoms with Crippen LogP contribution in [0.3, 0.4) is 0 Å². The van der Waals surface area contributed by atoms with Crippen LogP contribution in [-0.2, 0) is 17.3 Å². The van der Waals surface area contributed by atoms with E-state index in [4.69, 9.17) is 0 Å². The lowest BCUT2D eigenvalue weighted by molar-refractivity contribution is -0.125. The molecule has 0 spiro atoms. The van der Waals surface area contributed by atoms with E-state index in [1.807, 2.05) is 24.1 Å². The Labute approximate surface area is 180 Å². The molecule has 2 N–H and O–H groups in total. The lowest BCUT2D eigenvalue weighted by Gasteiger charge is -2.39. The average Bonchev–Trinajstić information content (AvgIpc) is 3.36. The van der Waals surface area contributed by atoms with Gasteiger partial charge in [-0.3, -0.25) is 9.48 Å².